The van der Waals surface area contributed by atoms with Gasteiger partial charge < -0.3 is 4.52 Å². The third kappa shape index (κ3) is 3.18. The Balaban J connectivity index is 1.49. The first-order valence-corrected chi connectivity index (χ1v) is 9.12. The summed E-state index contributed by atoms with van der Waals surface area (Å²) in [4.78, 5) is 4.38. The van der Waals surface area contributed by atoms with Gasteiger partial charge >= 0.3 is 0 Å². The molecule has 0 aliphatic heterocycles. The first-order chi connectivity index (χ1) is 11.8. The Labute approximate surface area is 149 Å². The van der Waals surface area contributed by atoms with Crippen molar-refractivity contribution in [3.8, 4) is 17.1 Å². The Morgan fingerprint density at radius 3 is 2.88 bits per heavy atom. The molecule has 3 aromatic heterocycles. The molecule has 4 rings (SSSR count). The average molecular weight is 377 g/mol. The van der Waals surface area contributed by atoms with Gasteiger partial charge in [0.2, 0.25) is 16.9 Å². The molecule has 0 atom stereocenters. The summed E-state index contributed by atoms with van der Waals surface area (Å²) in [5.41, 5.74) is 1.78. The lowest BCUT2D eigenvalue weighted by Gasteiger charge is -2.02. The largest absolute Gasteiger partial charge is 0.338 e. The predicted molar refractivity (Wildman–Crippen MR) is 91.3 cm³/mol. The molecule has 0 saturated heterocycles. The van der Waals surface area contributed by atoms with E-state index in [0.29, 0.717) is 27.6 Å². The minimum absolute atomic E-state index is 0.477. The third-order valence-corrected chi connectivity index (χ3v) is 4.92. The van der Waals surface area contributed by atoms with Gasteiger partial charge in [-0.15, -0.1) is 5.10 Å². The second-order valence-corrected chi connectivity index (χ2v) is 6.82. The van der Waals surface area contributed by atoms with Crippen LogP contribution in [0.3, 0.4) is 0 Å². The van der Waals surface area contributed by atoms with Gasteiger partial charge in [0.25, 0.3) is 0 Å². The van der Waals surface area contributed by atoms with Gasteiger partial charge in [0, 0.05) is 16.0 Å². The van der Waals surface area contributed by atoms with E-state index < -0.39 is 0 Å². The quantitative estimate of drug-likeness (QED) is 0.491. The highest BCUT2D eigenvalue weighted by Gasteiger charge is 2.13. The smallest absolute Gasteiger partial charge is 0.237 e. The maximum absolute atomic E-state index is 5.91. The Morgan fingerprint density at radius 2 is 2.08 bits per heavy atom. The summed E-state index contributed by atoms with van der Waals surface area (Å²) in [5, 5.41) is 21.0. The molecule has 0 saturated carbocycles. The van der Waals surface area contributed by atoms with E-state index in [4.69, 9.17) is 16.1 Å². The molecule has 120 valence electrons. The van der Waals surface area contributed by atoms with Gasteiger partial charge in [-0.3, -0.25) is 0 Å². The molecule has 0 aliphatic carbocycles. The molecular weight excluding hydrogens is 368 g/mol. The lowest BCUT2D eigenvalue weighted by molar-refractivity contribution is 0.391. The number of tetrazole rings is 1. The van der Waals surface area contributed by atoms with Crippen molar-refractivity contribution in [3.63, 3.8) is 0 Å². The van der Waals surface area contributed by atoms with Gasteiger partial charge in [0.15, 0.2) is 0 Å². The van der Waals surface area contributed by atoms with E-state index >= 15 is 0 Å². The lowest BCUT2D eigenvalue weighted by Crippen LogP contribution is -1.98. The molecule has 4 aromatic rings. The second-order valence-electron chi connectivity index (χ2n) is 4.66. The van der Waals surface area contributed by atoms with E-state index in [9.17, 15) is 0 Å². The molecule has 0 bridgehead atoms. The molecule has 10 heteroatoms. The highest BCUT2D eigenvalue weighted by molar-refractivity contribution is 7.98. The Morgan fingerprint density at radius 1 is 1.21 bits per heavy atom. The van der Waals surface area contributed by atoms with Crippen LogP contribution in [0.5, 0.6) is 0 Å². The molecule has 3 heterocycles. The van der Waals surface area contributed by atoms with Gasteiger partial charge in [-0.25, -0.2) is 0 Å². The highest BCUT2D eigenvalue weighted by Crippen LogP contribution is 2.24. The molecule has 24 heavy (non-hydrogen) atoms. The average Bonchev–Trinajstić information content (AvgIpc) is 3.34. The van der Waals surface area contributed by atoms with Crippen molar-refractivity contribution in [3.05, 3.63) is 52.0 Å². The second kappa shape index (κ2) is 6.71. The summed E-state index contributed by atoms with van der Waals surface area (Å²) < 4.78 is 6.91. The van der Waals surface area contributed by atoms with Crippen molar-refractivity contribution < 1.29 is 4.52 Å². The number of nitrogens with zero attached hydrogens (tertiary/aromatic N) is 6. The summed E-state index contributed by atoms with van der Waals surface area (Å²) in [5.74, 6) is 1.58. The number of hydrogen-bond acceptors (Lipinski definition) is 8. The summed E-state index contributed by atoms with van der Waals surface area (Å²) in [6, 6.07) is 9.23. The first kappa shape index (κ1) is 15.3. The highest BCUT2D eigenvalue weighted by atomic mass is 35.5. The molecule has 0 aliphatic rings. The number of halogens is 1. The normalized spacial score (nSPS) is 11.0. The molecule has 0 N–H and O–H groups in total. The SMILES string of the molecule is Clc1ccc(-n2nnnc2SCc2nc(-c3ccsc3)no2)cc1. The number of rotatable bonds is 5. The van der Waals surface area contributed by atoms with E-state index in [1.165, 1.54) is 11.8 Å². The number of thiophene rings is 1. The Bertz CT molecular complexity index is 935. The monoisotopic (exact) mass is 376 g/mol. The van der Waals surface area contributed by atoms with E-state index in [1.54, 1.807) is 28.2 Å². The number of thioether (sulfide) groups is 1. The van der Waals surface area contributed by atoms with Crippen LogP contribution >= 0.6 is 34.7 Å². The van der Waals surface area contributed by atoms with Crippen LogP contribution in [-0.2, 0) is 5.75 Å². The topological polar surface area (TPSA) is 82.5 Å². The summed E-state index contributed by atoms with van der Waals surface area (Å²) in [6.45, 7) is 0. The molecule has 1 aromatic carbocycles. The number of hydrogen-bond donors (Lipinski definition) is 0. The van der Waals surface area contributed by atoms with Crippen molar-refractivity contribution in [2.75, 3.05) is 0 Å². The van der Waals surface area contributed by atoms with E-state index in [0.717, 1.165) is 11.3 Å². The fraction of sp³-hybridized carbons (Fsp3) is 0.0714. The van der Waals surface area contributed by atoms with Gasteiger partial charge in [0.1, 0.15) is 0 Å². The molecule has 0 spiro atoms. The molecule has 0 amide bonds. The molecule has 0 unspecified atom stereocenters. The van der Waals surface area contributed by atoms with Crippen molar-refractivity contribution >= 4 is 34.7 Å². The Hall–Kier alpha value is -2.23. The third-order valence-electron chi connectivity index (χ3n) is 3.08. The Kier molecular flexibility index (Phi) is 4.28. The zero-order chi connectivity index (χ0) is 16.4. The maximum Gasteiger partial charge on any atom is 0.237 e. The van der Waals surface area contributed by atoms with Crippen LogP contribution in [-0.4, -0.2) is 30.3 Å². The van der Waals surface area contributed by atoms with Gasteiger partial charge in [-0.05, 0) is 46.1 Å². The number of benzene rings is 1. The van der Waals surface area contributed by atoms with Crippen LogP contribution in [0.15, 0.2) is 50.8 Å². The zero-order valence-electron chi connectivity index (χ0n) is 12.0. The fourth-order valence-corrected chi connectivity index (χ4v) is 3.45. The molecule has 7 nitrogen and oxygen atoms in total. The van der Waals surface area contributed by atoms with Crippen LogP contribution in [0.2, 0.25) is 5.02 Å². The molecule has 0 radical (unpaired) electrons. The zero-order valence-corrected chi connectivity index (χ0v) is 14.4. The predicted octanol–water partition coefficient (Wildman–Crippen LogP) is 3.72. The van der Waals surface area contributed by atoms with Crippen LogP contribution < -0.4 is 0 Å². The van der Waals surface area contributed by atoms with Crippen LogP contribution in [0.1, 0.15) is 5.89 Å². The van der Waals surface area contributed by atoms with Crippen LogP contribution in [0.4, 0.5) is 0 Å². The summed E-state index contributed by atoms with van der Waals surface area (Å²) >= 11 is 8.91. The maximum atomic E-state index is 5.91. The standard InChI is InChI=1S/C14H9ClN6OS2/c15-10-1-3-11(4-2-10)21-14(17-19-20-21)24-8-12-16-13(18-22-12)9-5-6-23-7-9/h1-7H,8H2. The van der Waals surface area contributed by atoms with Crippen LogP contribution in [0, 0.1) is 0 Å². The number of aromatic nitrogens is 6. The minimum Gasteiger partial charge on any atom is -0.338 e. The van der Waals surface area contributed by atoms with Crippen molar-refractivity contribution in [2.24, 2.45) is 0 Å². The van der Waals surface area contributed by atoms with E-state index in [1.807, 2.05) is 29.0 Å². The van der Waals surface area contributed by atoms with Gasteiger partial charge in [-0.1, -0.05) is 28.5 Å². The summed E-state index contributed by atoms with van der Waals surface area (Å²) in [7, 11) is 0. The van der Waals surface area contributed by atoms with E-state index in [2.05, 4.69) is 25.7 Å². The molecular formula is C14H9ClN6OS2. The minimum atomic E-state index is 0.477. The fourth-order valence-electron chi connectivity index (χ4n) is 1.96. The van der Waals surface area contributed by atoms with Gasteiger partial charge in [-0.2, -0.15) is 21.0 Å². The van der Waals surface area contributed by atoms with Crippen molar-refractivity contribution in [1.82, 2.24) is 30.3 Å². The van der Waals surface area contributed by atoms with Crippen LogP contribution in [0.25, 0.3) is 17.1 Å². The van der Waals surface area contributed by atoms with Gasteiger partial charge in [0.05, 0.1) is 11.4 Å². The van der Waals surface area contributed by atoms with Crippen molar-refractivity contribution in [2.45, 2.75) is 10.9 Å². The summed E-state index contributed by atoms with van der Waals surface area (Å²) in [6.07, 6.45) is 0. The first-order valence-electron chi connectivity index (χ1n) is 6.82. The van der Waals surface area contributed by atoms with Crippen molar-refractivity contribution in [1.29, 1.82) is 0 Å². The van der Waals surface area contributed by atoms with E-state index in [-0.39, 0.29) is 0 Å². The molecule has 0 fully saturated rings. The lowest BCUT2D eigenvalue weighted by atomic mass is 10.3.